The van der Waals surface area contributed by atoms with E-state index in [-0.39, 0.29) is 0 Å². The lowest BCUT2D eigenvalue weighted by Gasteiger charge is -2.04. The van der Waals surface area contributed by atoms with Crippen molar-refractivity contribution in [2.24, 2.45) is 7.05 Å². The van der Waals surface area contributed by atoms with Crippen LogP contribution in [0.1, 0.15) is 5.56 Å². The second-order valence-electron chi connectivity index (χ2n) is 4.36. The van der Waals surface area contributed by atoms with E-state index < -0.39 is 0 Å². The SMILES string of the molecule is Cc1cc(N)nc2cc(-c3cnn(C)c3)cnc12. The summed E-state index contributed by atoms with van der Waals surface area (Å²) in [6.07, 6.45) is 5.59. The number of nitrogen functional groups attached to an aromatic ring is 1. The Hall–Kier alpha value is -2.43. The number of fused-ring (bicyclic) bond motifs is 1. The Labute approximate surface area is 104 Å². The molecule has 0 aliphatic heterocycles. The van der Waals surface area contributed by atoms with Gasteiger partial charge in [-0.05, 0) is 24.6 Å². The molecule has 0 fully saturated rings. The van der Waals surface area contributed by atoms with Crippen LogP contribution in [0.3, 0.4) is 0 Å². The maximum Gasteiger partial charge on any atom is 0.124 e. The molecule has 3 aromatic rings. The average Bonchev–Trinajstić information content (AvgIpc) is 2.75. The molecule has 2 N–H and O–H groups in total. The number of aryl methyl sites for hydroxylation is 2. The number of hydrogen-bond donors (Lipinski definition) is 1. The molecule has 0 amide bonds. The molecule has 0 atom stereocenters. The van der Waals surface area contributed by atoms with Gasteiger partial charge in [0.25, 0.3) is 0 Å². The molecule has 3 rings (SSSR count). The molecular weight excluding hydrogens is 226 g/mol. The van der Waals surface area contributed by atoms with Crippen LogP contribution in [-0.4, -0.2) is 19.7 Å². The highest BCUT2D eigenvalue weighted by Crippen LogP contribution is 2.23. The first-order valence-corrected chi connectivity index (χ1v) is 5.65. The second kappa shape index (κ2) is 3.80. The van der Waals surface area contributed by atoms with Crippen molar-refractivity contribution in [3.63, 3.8) is 0 Å². The Kier molecular flexibility index (Phi) is 2.26. The van der Waals surface area contributed by atoms with Gasteiger partial charge in [-0.15, -0.1) is 0 Å². The van der Waals surface area contributed by atoms with Crippen molar-refractivity contribution < 1.29 is 0 Å². The van der Waals surface area contributed by atoms with Gasteiger partial charge in [0.2, 0.25) is 0 Å². The van der Waals surface area contributed by atoms with E-state index in [9.17, 15) is 0 Å². The summed E-state index contributed by atoms with van der Waals surface area (Å²) in [5.41, 5.74) is 10.5. The van der Waals surface area contributed by atoms with Crippen LogP contribution in [0.15, 0.2) is 30.7 Å². The highest BCUT2D eigenvalue weighted by atomic mass is 15.2. The fourth-order valence-corrected chi connectivity index (χ4v) is 2.03. The zero-order chi connectivity index (χ0) is 12.7. The zero-order valence-electron chi connectivity index (χ0n) is 10.3. The van der Waals surface area contributed by atoms with E-state index in [0.29, 0.717) is 5.82 Å². The first kappa shape index (κ1) is 10.7. The standard InChI is InChI=1S/C13H13N5/c1-8-3-12(14)17-11-4-9(5-15-13(8)11)10-6-16-18(2)7-10/h3-7H,1-2H3,(H2,14,17). The fraction of sp³-hybridized carbons (Fsp3) is 0.154. The van der Waals surface area contributed by atoms with Gasteiger partial charge in [0.15, 0.2) is 0 Å². The van der Waals surface area contributed by atoms with Gasteiger partial charge in [0.1, 0.15) is 5.82 Å². The minimum atomic E-state index is 0.519. The van der Waals surface area contributed by atoms with Crippen LogP contribution in [0.4, 0.5) is 5.82 Å². The predicted octanol–water partition coefficient (Wildman–Crippen LogP) is 1.92. The molecule has 0 spiro atoms. The molecule has 5 heteroatoms. The summed E-state index contributed by atoms with van der Waals surface area (Å²) in [6, 6.07) is 3.82. The lowest BCUT2D eigenvalue weighted by molar-refractivity contribution is 0.768. The lowest BCUT2D eigenvalue weighted by Crippen LogP contribution is -1.94. The topological polar surface area (TPSA) is 69.6 Å². The second-order valence-corrected chi connectivity index (χ2v) is 4.36. The van der Waals surface area contributed by atoms with E-state index in [2.05, 4.69) is 15.1 Å². The molecule has 90 valence electrons. The lowest BCUT2D eigenvalue weighted by atomic mass is 10.1. The van der Waals surface area contributed by atoms with Crippen LogP contribution in [-0.2, 0) is 7.05 Å². The van der Waals surface area contributed by atoms with Crippen LogP contribution in [0, 0.1) is 6.92 Å². The van der Waals surface area contributed by atoms with Crippen molar-refractivity contribution in [3.8, 4) is 11.1 Å². The summed E-state index contributed by atoms with van der Waals surface area (Å²) in [5, 5.41) is 4.15. The summed E-state index contributed by atoms with van der Waals surface area (Å²) in [5.74, 6) is 0.519. The molecule has 0 bridgehead atoms. The normalized spacial score (nSPS) is 11.0. The smallest absolute Gasteiger partial charge is 0.124 e. The number of aromatic nitrogens is 4. The van der Waals surface area contributed by atoms with Crippen molar-refractivity contribution in [2.45, 2.75) is 6.92 Å². The summed E-state index contributed by atoms with van der Waals surface area (Å²) >= 11 is 0. The molecule has 0 aliphatic carbocycles. The third-order valence-corrected chi connectivity index (χ3v) is 2.89. The van der Waals surface area contributed by atoms with Gasteiger partial charge >= 0.3 is 0 Å². The van der Waals surface area contributed by atoms with Gasteiger partial charge in [-0.2, -0.15) is 5.10 Å². The number of hydrogen-bond acceptors (Lipinski definition) is 4. The van der Waals surface area contributed by atoms with E-state index in [1.807, 2.05) is 44.7 Å². The average molecular weight is 239 g/mol. The third-order valence-electron chi connectivity index (χ3n) is 2.89. The first-order chi connectivity index (χ1) is 8.63. The molecule has 18 heavy (non-hydrogen) atoms. The molecule has 3 aromatic heterocycles. The molecular formula is C13H13N5. The Bertz CT molecular complexity index is 729. The molecule has 0 radical (unpaired) electrons. The summed E-state index contributed by atoms with van der Waals surface area (Å²) in [6.45, 7) is 1.98. The fourth-order valence-electron chi connectivity index (χ4n) is 2.03. The van der Waals surface area contributed by atoms with Crippen LogP contribution in [0.25, 0.3) is 22.2 Å². The van der Waals surface area contributed by atoms with Gasteiger partial charge in [0.05, 0.1) is 17.2 Å². The van der Waals surface area contributed by atoms with Crippen LogP contribution < -0.4 is 5.73 Å². The van der Waals surface area contributed by atoms with Crippen molar-refractivity contribution >= 4 is 16.9 Å². The molecule has 0 aliphatic rings. The first-order valence-electron chi connectivity index (χ1n) is 5.65. The molecule has 5 nitrogen and oxygen atoms in total. The van der Waals surface area contributed by atoms with Crippen molar-refractivity contribution in [1.82, 2.24) is 19.7 Å². The zero-order valence-corrected chi connectivity index (χ0v) is 10.3. The Balaban J connectivity index is 2.22. The molecule has 0 saturated carbocycles. The van der Waals surface area contributed by atoms with Gasteiger partial charge in [-0.25, -0.2) is 4.98 Å². The monoisotopic (exact) mass is 239 g/mol. The number of pyridine rings is 2. The van der Waals surface area contributed by atoms with Crippen LogP contribution >= 0.6 is 0 Å². The van der Waals surface area contributed by atoms with Crippen molar-refractivity contribution in [2.75, 3.05) is 5.73 Å². The number of anilines is 1. The van der Waals surface area contributed by atoms with E-state index in [0.717, 1.165) is 27.7 Å². The summed E-state index contributed by atoms with van der Waals surface area (Å²) in [7, 11) is 1.89. The third kappa shape index (κ3) is 1.69. The number of nitrogens with two attached hydrogens (primary N) is 1. The highest BCUT2D eigenvalue weighted by Gasteiger charge is 2.06. The van der Waals surface area contributed by atoms with E-state index in [1.54, 1.807) is 4.68 Å². The molecule has 0 unspecified atom stereocenters. The van der Waals surface area contributed by atoms with Gasteiger partial charge in [-0.1, -0.05) is 0 Å². The quantitative estimate of drug-likeness (QED) is 0.704. The van der Waals surface area contributed by atoms with Crippen LogP contribution in [0.2, 0.25) is 0 Å². The Morgan fingerprint density at radius 2 is 2.00 bits per heavy atom. The summed E-state index contributed by atoms with van der Waals surface area (Å²) < 4.78 is 1.76. The number of rotatable bonds is 1. The molecule has 0 aromatic carbocycles. The van der Waals surface area contributed by atoms with Crippen LogP contribution in [0.5, 0.6) is 0 Å². The van der Waals surface area contributed by atoms with Crippen molar-refractivity contribution in [3.05, 3.63) is 36.3 Å². The summed E-state index contributed by atoms with van der Waals surface area (Å²) in [4.78, 5) is 8.77. The van der Waals surface area contributed by atoms with E-state index in [4.69, 9.17) is 5.73 Å². The maximum absolute atomic E-state index is 5.76. The number of nitrogens with zero attached hydrogens (tertiary/aromatic N) is 4. The van der Waals surface area contributed by atoms with Gasteiger partial charge < -0.3 is 5.73 Å². The highest BCUT2D eigenvalue weighted by molar-refractivity contribution is 5.83. The molecule has 0 saturated heterocycles. The Morgan fingerprint density at radius 1 is 1.17 bits per heavy atom. The minimum Gasteiger partial charge on any atom is -0.384 e. The largest absolute Gasteiger partial charge is 0.384 e. The maximum atomic E-state index is 5.76. The van der Waals surface area contributed by atoms with Gasteiger partial charge in [-0.3, -0.25) is 9.67 Å². The Morgan fingerprint density at radius 3 is 2.72 bits per heavy atom. The minimum absolute atomic E-state index is 0.519. The van der Waals surface area contributed by atoms with Crippen molar-refractivity contribution in [1.29, 1.82) is 0 Å². The molecule has 3 heterocycles. The van der Waals surface area contributed by atoms with Gasteiger partial charge in [0, 0.05) is 30.6 Å². The predicted molar refractivity (Wildman–Crippen MR) is 70.9 cm³/mol. The van der Waals surface area contributed by atoms with E-state index in [1.165, 1.54) is 0 Å². The van der Waals surface area contributed by atoms with E-state index >= 15 is 0 Å².